The lowest BCUT2D eigenvalue weighted by Gasteiger charge is -2.32. The fourth-order valence-corrected chi connectivity index (χ4v) is 2.79. The lowest BCUT2D eigenvalue weighted by Crippen LogP contribution is -2.26. The maximum Gasteiger partial charge on any atom is 0.123 e. The molecule has 1 aliphatic carbocycles. The molecule has 3 unspecified atom stereocenters. The van der Waals surface area contributed by atoms with E-state index in [1.165, 1.54) is 18.6 Å². The molecule has 1 aromatic carbocycles. The summed E-state index contributed by atoms with van der Waals surface area (Å²) in [4.78, 5) is 0. The Morgan fingerprint density at radius 3 is 2.68 bits per heavy atom. The summed E-state index contributed by atoms with van der Waals surface area (Å²) < 4.78 is 19.2. The standard InChI is InChI=1S/C16H24FNO/c1-11-3-6-16(7-12(11)2)19-10-14-8-15(17)5-4-13(14)9-18/h4-5,8,11-12,16H,3,6-7,9-10,18H2,1-2H3. The van der Waals surface area contributed by atoms with Crippen molar-refractivity contribution in [3.63, 3.8) is 0 Å². The number of nitrogens with two attached hydrogens (primary N) is 1. The van der Waals surface area contributed by atoms with Crippen LogP contribution in [0.5, 0.6) is 0 Å². The highest BCUT2D eigenvalue weighted by atomic mass is 19.1. The van der Waals surface area contributed by atoms with Gasteiger partial charge in [-0.3, -0.25) is 0 Å². The average Bonchev–Trinajstić information content (AvgIpc) is 2.40. The Labute approximate surface area is 115 Å². The van der Waals surface area contributed by atoms with E-state index in [1.54, 1.807) is 6.07 Å². The molecule has 0 heterocycles. The molecule has 1 saturated carbocycles. The van der Waals surface area contributed by atoms with Gasteiger partial charge in [-0.1, -0.05) is 19.9 Å². The van der Waals surface area contributed by atoms with E-state index in [2.05, 4.69) is 13.8 Å². The van der Waals surface area contributed by atoms with Crippen molar-refractivity contribution in [2.24, 2.45) is 17.6 Å². The Morgan fingerprint density at radius 1 is 1.21 bits per heavy atom. The maximum atomic E-state index is 13.3. The summed E-state index contributed by atoms with van der Waals surface area (Å²) in [6.45, 7) is 5.49. The van der Waals surface area contributed by atoms with Crippen LogP contribution in [0, 0.1) is 17.7 Å². The van der Waals surface area contributed by atoms with E-state index in [0.717, 1.165) is 29.9 Å². The van der Waals surface area contributed by atoms with E-state index in [0.29, 0.717) is 25.2 Å². The SMILES string of the molecule is CC1CCC(OCc2cc(F)ccc2CN)CC1C. The van der Waals surface area contributed by atoms with Crippen LogP contribution in [0.2, 0.25) is 0 Å². The van der Waals surface area contributed by atoms with Crippen molar-refractivity contribution >= 4 is 0 Å². The van der Waals surface area contributed by atoms with Crippen LogP contribution in [-0.4, -0.2) is 6.10 Å². The molecule has 106 valence electrons. The first kappa shape index (κ1) is 14.5. The zero-order valence-corrected chi connectivity index (χ0v) is 11.9. The highest BCUT2D eigenvalue weighted by Gasteiger charge is 2.25. The Kier molecular flexibility index (Phi) is 4.94. The lowest BCUT2D eigenvalue weighted by atomic mass is 9.80. The topological polar surface area (TPSA) is 35.2 Å². The third-order valence-corrected chi connectivity index (χ3v) is 4.41. The van der Waals surface area contributed by atoms with E-state index in [4.69, 9.17) is 10.5 Å². The molecule has 3 heteroatoms. The summed E-state index contributed by atoms with van der Waals surface area (Å²) in [5, 5.41) is 0. The van der Waals surface area contributed by atoms with Gasteiger partial charge in [0.1, 0.15) is 5.82 Å². The van der Waals surface area contributed by atoms with Gasteiger partial charge in [0.25, 0.3) is 0 Å². The molecule has 2 N–H and O–H groups in total. The Balaban J connectivity index is 1.93. The summed E-state index contributed by atoms with van der Waals surface area (Å²) >= 11 is 0. The van der Waals surface area contributed by atoms with E-state index < -0.39 is 0 Å². The van der Waals surface area contributed by atoms with Gasteiger partial charge in [-0.05, 0) is 54.4 Å². The van der Waals surface area contributed by atoms with Crippen molar-refractivity contribution in [3.8, 4) is 0 Å². The van der Waals surface area contributed by atoms with E-state index >= 15 is 0 Å². The molecular formula is C16H24FNO. The summed E-state index contributed by atoms with van der Waals surface area (Å²) in [6.07, 6.45) is 3.74. The normalized spacial score (nSPS) is 27.5. The molecule has 1 aliphatic rings. The Morgan fingerprint density at radius 2 is 2.00 bits per heavy atom. The highest BCUT2D eigenvalue weighted by Crippen LogP contribution is 2.31. The van der Waals surface area contributed by atoms with Crippen LogP contribution < -0.4 is 5.73 Å². The number of rotatable bonds is 4. The third kappa shape index (κ3) is 3.77. The highest BCUT2D eigenvalue weighted by molar-refractivity contribution is 5.27. The van der Waals surface area contributed by atoms with E-state index in [1.807, 2.05) is 0 Å². The van der Waals surface area contributed by atoms with Crippen LogP contribution in [0.4, 0.5) is 4.39 Å². The molecule has 1 aromatic rings. The fraction of sp³-hybridized carbons (Fsp3) is 0.625. The Hall–Kier alpha value is -0.930. The second-order valence-electron chi connectivity index (χ2n) is 5.82. The van der Waals surface area contributed by atoms with Crippen molar-refractivity contribution in [2.45, 2.75) is 52.4 Å². The molecule has 0 bridgehead atoms. The van der Waals surface area contributed by atoms with Crippen LogP contribution in [0.25, 0.3) is 0 Å². The summed E-state index contributed by atoms with van der Waals surface area (Å²) in [7, 11) is 0. The van der Waals surface area contributed by atoms with Crippen molar-refractivity contribution in [1.82, 2.24) is 0 Å². The van der Waals surface area contributed by atoms with Crippen molar-refractivity contribution in [1.29, 1.82) is 0 Å². The zero-order valence-electron chi connectivity index (χ0n) is 11.9. The number of ether oxygens (including phenoxy) is 1. The third-order valence-electron chi connectivity index (χ3n) is 4.41. The zero-order chi connectivity index (χ0) is 13.8. The molecular weight excluding hydrogens is 241 g/mol. The summed E-state index contributed by atoms with van der Waals surface area (Å²) in [5.74, 6) is 1.27. The van der Waals surface area contributed by atoms with Gasteiger partial charge in [0.15, 0.2) is 0 Å². The molecule has 3 atom stereocenters. The van der Waals surface area contributed by atoms with Crippen LogP contribution in [-0.2, 0) is 17.9 Å². The van der Waals surface area contributed by atoms with Gasteiger partial charge >= 0.3 is 0 Å². The molecule has 0 aromatic heterocycles. The van der Waals surface area contributed by atoms with Crippen molar-refractivity contribution in [2.75, 3.05) is 0 Å². The van der Waals surface area contributed by atoms with Gasteiger partial charge < -0.3 is 10.5 Å². The second-order valence-corrected chi connectivity index (χ2v) is 5.82. The first-order chi connectivity index (χ1) is 9.10. The number of halogens is 1. The second kappa shape index (κ2) is 6.49. The minimum absolute atomic E-state index is 0.221. The van der Waals surface area contributed by atoms with Crippen LogP contribution in [0.1, 0.15) is 44.2 Å². The Bertz CT molecular complexity index is 421. The van der Waals surface area contributed by atoms with Crippen LogP contribution in [0.15, 0.2) is 18.2 Å². The monoisotopic (exact) mass is 265 g/mol. The van der Waals surface area contributed by atoms with Gasteiger partial charge in [-0.15, -0.1) is 0 Å². The predicted molar refractivity (Wildman–Crippen MR) is 75.0 cm³/mol. The van der Waals surface area contributed by atoms with Gasteiger partial charge in [0.05, 0.1) is 12.7 Å². The molecule has 0 spiro atoms. The summed E-state index contributed by atoms with van der Waals surface area (Å²) in [6, 6.07) is 4.74. The fourth-order valence-electron chi connectivity index (χ4n) is 2.79. The molecule has 0 saturated heterocycles. The van der Waals surface area contributed by atoms with Crippen molar-refractivity contribution < 1.29 is 9.13 Å². The number of hydrogen-bond donors (Lipinski definition) is 1. The number of hydrogen-bond acceptors (Lipinski definition) is 2. The molecule has 0 aliphatic heterocycles. The van der Waals surface area contributed by atoms with Gasteiger partial charge in [0.2, 0.25) is 0 Å². The van der Waals surface area contributed by atoms with E-state index in [-0.39, 0.29) is 5.82 Å². The molecule has 0 radical (unpaired) electrons. The van der Waals surface area contributed by atoms with Gasteiger partial charge in [-0.25, -0.2) is 4.39 Å². The largest absolute Gasteiger partial charge is 0.374 e. The minimum Gasteiger partial charge on any atom is -0.374 e. The maximum absolute atomic E-state index is 13.3. The predicted octanol–water partition coefficient (Wildman–Crippen LogP) is 3.63. The quantitative estimate of drug-likeness (QED) is 0.902. The lowest BCUT2D eigenvalue weighted by molar-refractivity contribution is -0.00778. The number of benzene rings is 1. The van der Waals surface area contributed by atoms with Crippen LogP contribution in [0.3, 0.4) is 0 Å². The van der Waals surface area contributed by atoms with Crippen LogP contribution >= 0.6 is 0 Å². The molecule has 19 heavy (non-hydrogen) atoms. The molecule has 0 amide bonds. The first-order valence-electron chi connectivity index (χ1n) is 7.19. The molecule has 1 fully saturated rings. The average molecular weight is 265 g/mol. The summed E-state index contributed by atoms with van der Waals surface area (Å²) in [5.41, 5.74) is 7.53. The first-order valence-corrected chi connectivity index (χ1v) is 7.19. The van der Waals surface area contributed by atoms with Gasteiger partial charge in [-0.2, -0.15) is 0 Å². The van der Waals surface area contributed by atoms with Gasteiger partial charge in [0, 0.05) is 6.54 Å². The van der Waals surface area contributed by atoms with Crippen molar-refractivity contribution in [3.05, 3.63) is 35.1 Å². The molecule has 2 rings (SSSR count). The smallest absolute Gasteiger partial charge is 0.123 e. The van der Waals surface area contributed by atoms with E-state index in [9.17, 15) is 4.39 Å². The minimum atomic E-state index is -0.221. The molecule has 2 nitrogen and oxygen atoms in total.